The number of rotatable bonds is 7. The van der Waals surface area contributed by atoms with Crippen molar-refractivity contribution in [1.82, 2.24) is 5.48 Å². The summed E-state index contributed by atoms with van der Waals surface area (Å²) in [6, 6.07) is 5.97. The predicted octanol–water partition coefficient (Wildman–Crippen LogP) is 3.74. The zero-order valence-corrected chi connectivity index (χ0v) is 15.8. The van der Waals surface area contributed by atoms with Gasteiger partial charge >= 0.3 is 0 Å². The van der Waals surface area contributed by atoms with E-state index in [9.17, 15) is 18.0 Å². The highest BCUT2D eigenvalue weighted by Crippen LogP contribution is 2.28. The third-order valence-electron chi connectivity index (χ3n) is 3.37. The summed E-state index contributed by atoms with van der Waals surface area (Å²) in [6.45, 7) is 1.58. The van der Waals surface area contributed by atoms with E-state index >= 15 is 0 Å². The number of nitrogens with one attached hydrogen (secondary N) is 2. The number of aliphatic hydroxyl groups excluding tert-OH is 1. The Kier molecular flexibility index (Phi) is 7.23. The Balaban J connectivity index is 2.27. The van der Waals surface area contributed by atoms with Crippen molar-refractivity contribution in [3.63, 3.8) is 0 Å². The molecule has 26 heavy (non-hydrogen) atoms. The average Bonchev–Trinajstić information content (AvgIpc) is 2.60. The quantitative estimate of drug-likeness (QED) is 0.418. The Morgan fingerprint density at radius 1 is 1.23 bits per heavy atom. The summed E-state index contributed by atoms with van der Waals surface area (Å²) >= 11 is 1.91. The molecule has 0 aliphatic carbocycles. The molecule has 2 rings (SSSR count). The lowest BCUT2D eigenvalue weighted by molar-refractivity contribution is 0.0101. The molecule has 1 amide bonds. The number of hydrogen-bond donors (Lipinski definition) is 3. The van der Waals surface area contributed by atoms with Crippen LogP contribution in [0.3, 0.4) is 0 Å². The number of carbonyl (C=O) groups is 1. The lowest BCUT2D eigenvalue weighted by Crippen LogP contribution is -2.27. The van der Waals surface area contributed by atoms with Gasteiger partial charge in [0, 0.05) is 16.1 Å². The summed E-state index contributed by atoms with van der Waals surface area (Å²) in [4.78, 5) is 17.1. The smallest absolute Gasteiger partial charge is 0.277 e. The number of carbonyl (C=O) groups excluding carboxylic acids is 1. The molecule has 0 aliphatic heterocycles. The van der Waals surface area contributed by atoms with Crippen LogP contribution in [0.4, 0.5) is 24.5 Å². The Hall–Kier alpha value is -1.85. The summed E-state index contributed by atoms with van der Waals surface area (Å²) in [6.07, 6.45) is 0. The molecule has 0 saturated carbocycles. The van der Waals surface area contributed by atoms with E-state index in [1.807, 2.05) is 22.6 Å². The van der Waals surface area contributed by atoms with Crippen molar-refractivity contribution >= 4 is 39.9 Å². The maximum absolute atomic E-state index is 14.2. The van der Waals surface area contributed by atoms with Crippen LogP contribution in [-0.2, 0) is 4.84 Å². The van der Waals surface area contributed by atoms with E-state index in [2.05, 4.69) is 10.8 Å². The number of halogens is 4. The predicted molar refractivity (Wildman–Crippen MR) is 98.4 cm³/mol. The molecule has 3 N–H and O–H groups in total. The van der Waals surface area contributed by atoms with Crippen molar-refractivity contribution in [2.45, 2.75) is 6.92 Å². The standard InChI is InChI=1S/C17H16F3IN2O3/c1-9(7-24)8-26-23-17(25)11-3-4-12(18)15(20)16(11)22-14-5-2-10(21)6-13(14)19/h2-6,9,22,24H,7-8H2,1H3,(H,23,25)/t9-/m1/s1. The summed E-state index contributed by atoms with van der Waals surface area (Å²) in [5.74, 6) is -4.26. The molecule has 0 aliphatic rings. The largest absolute Gasteiger partial charge is 0.396 e. The van der Waals surface area contributed by atoms with Crippen LogP contribution in [0.15, 0.2) is 30.3 Å². The third kappa shape index (κ3) is 5.08. The lowest BCUT2D eigenvalue weighted by atomic mass is 10.1. The molecule has 9 heteroatoms. The highest BCUT2D eigenvalue weighted by molar-refractivity contribution is 14.1. The normalized spacial score (nSPS) is 11.9. The van der Waals surface area contributed by atoms with E-state index in [1.54, 1.807) is 13.0 Å². The van der Waals surface area contributed by atoms with Gasteiger partial charge in [0.1, 0.15) is 5.82 Å². The Labute approximate surface area is 161 Å². The molecule has 0 spiro atoms. The van der Waals surface area contributed by atoms with Gasteiger partial charge in [-0.2, -0.15) is 0 Å². The molecular weight excluding hydrogens is 464 g/mol. The second kappa shape index (κ2) is 9.19. The van der Waals surface area contributed by atoms with Crippen molar-refractivity contribution in [1.29, 1.82) is 0 Å². The van der Waals surface area contributed by atoms with Crippen LogP contribution in [0, 0.1) is 26.9 Å². The minimum Gasteiger partial charge on any atom is -0.396 e. The summed E-state index contributed by atoms with van der Waals surface area (Å²) in [5.41, 5.74) is 1.20. The third-order valence-corrected chi connectivity index (χ3v) is 4.05. The first-order chi connectivity index (χ1) is 12.3. The van der Waals surface area contributed by atoms with Crippen molar-refractivity contribution < 1.29 is 27.9 Å². The average molecular weight is 480 g/mol. The number of hydrogen-bond acceptors (Lipinski definition) is 4. The first-order valence-corrected chi connectivity index (χ1v) is 8.64. The van der Waals surface area contributed by atoms with E-state index in [4.69, 9.17) is 9.94 Å². The van der Waals surface area contributed by atoms with Gasteiger partial charge in [0.05, 0.1) is 23.5 Å². The molecule has 140 valence electrons. The second-order valence-corrected chi connectivity index (χ2v) is 6.81. The van der Waals surface area contributed by atoms with Crippen molar-refractivity contribution in [2.24, 2.45) is 5.92 Å². The fourth-order valence-corrected chi connectivity index (χ4v) is 2.40. The number of hydroxylamine groups is 1. The monoisotopic (exact) mass is 480 g/mol. The molecule has 0 radical (unpaired) electrons. The number of aliphatic hydroxyl groups is 1. The number of anilines is 2. The van der Waals surface area contributed by atoms with Crippen LogP contribution >= 0.6 is 22.6 Å². The summed E-state index contributed by atoms with van der Waals surface area (Å²) in [7, 11) is 0. The SMILES string of the molecule is C[C@H](CO)CONC(=O)c1ccc(F)c(F)c1Nc1ccc(I)cc1F. The van der Waals surface area contributed by atoms with Crippen molar-refractivity contribution in [3.05, 3.63) is 56.9 Å². The van der Waals surface area contributed by atoms with E-state index < -0.39 is 29.0 Å². The van der Waals surface area contributed by atoms with Gasteiger partial charge in [-0.15, -0.1) is 0 Å². The van der Waals surface area contributed by atoms with Crippen LogP contribution in [0.2, 0.25) is 0 Å². The molecule has 5 nitrogen and oxygen atoms in total. The molecule has 0 fully saturated rings. The van der Waals surface area contributed by atoms with Gasteiger partial charge < -0.3 is 10.4 Å². The maximum Gasteiger partial charge on any atom is 0.277 e. The van der Waals surface area contributed by atoms with Gasteiger partial charge in [0.2, 0.25) is 0 Å². The van der Waals surface area contributed by atoms with Gasteiger partial charge in [0.15, 0.2) is 11.6 Å². The van der Waals surface area contributed by atoms with Crippen LogP contribution in [0.5, 0.6) is 0 Å². The molecule has 0 bridgehead atoms. The van der Waals surface area contributed by atoms with Gasteiger partial charge in [-0.3, -0.25) is 9.63 Å². The van der Waals surface area contributed by atoms with Crippen molar-refractivity contribution in [3.8, 4) is 0 Å². The van der Waals surface area contributed by atoms with Crippen LogP contribution in [-0.4, -0.2) is 24.2 Å². The molecule has 0 heterocycles. The van der Waals surface area contributed by atoms with E-state index in [-0.39, 0.29) is 30.4 Å². The highest BCUT2D eigenvalue weighted by atomic mass is 127. The molecule has 1 atom stereocenters. The van der Waals surface area contributed by atoms with E-state index in [0.717, 1.165) is 12.1 Å². The highest BCUT2D eigenvalue weighted by Gasteiger charge is 2.20. The fraction of sp³-hybridized carbons (Fsp3) is 0.235. The maximum atomic E-state index is 14.2. The van der Waals surface area contributed by atoms with Crippen molar-refractivity contribution in [2.75, 3.05) is 18.5 Å². The Morgan fingerprint density at radius 3 is 2.62 bits per heavy atom. The summed E-state index contributed by atoms with van der Waals surface area (Å²) < 4.78 is 42.4. The van der Waals surface area contributed by atoms with E-state index in [0.29, 0.717) is 3.57 Å². The minimum atomic E-state index is -1.32. The van der Waals surface area contributed by atoms with Gasteiger partial charge in [0.25, 0.3) is 5.91 Å². The Bertz CT molecular complexity index is 805. The number of amides is 1. The molecule has 0 unspecified atom stereocenters. The van der Waals surface area contributed by atoms with Gasteiger partial charge in [-0.25, -0.2) is 18.7 Å². The topological polar surface area (TPSA) is 70.6 Å². The van der Waals surface area contributed by atoms with Crippen LogP contribution in [0.1, 0.15) is 17.3 Å². The van der Waals surface area contributed by atoms with Gasteiger partial charge in [-0.1, -0.05) is 6.92 Å². The second-order valence-electron chi connectivity index (χ2n) is 5.56. The van der Waals surface area contributed by atoms with Crippen LogP contribution < -0.4 is 10.8 Å². The van der Waals surface area contributed by atoms with Crippen LogP contribution in [0.25, 0.3) is 0 Å². The fourth-order valence-electron chi connectivity index (χ4n) is 1.94. The van der Waals surface area contributed by atoms with E-state index in [1.165, 1.54) is 12.1 Å². The lowest BCUT2D eigenvalue weighted by Gasteiger charge is -2.15. The summed E-state index contributed by atoms with van der Waals surface area (Å²) in [5, 5.41) is 11.3. The number of benzene rings is 2. The minimum absolute atomic E-state index is 0.0282. The molecule has 2 aromatic carbocycles. The Morgan fingerprint density at radius 2 is 1.96 bits per heavy atom. The van der Waals surface area contributed by atoms with Gasteiger partial charge in [-0.05, 0) is 52.9 Å². The molecule has 0 saturated heterocycles. The zero-order valence-electron chi connectivity index (χ0n) is 13.7. The zero-order chi connectivity index (χ0) is 19.3. The first-order valence-electron chi connectivity index (χ1n) is 7.56. The molecule has 2 aromatic rings. The molecule has 0 aromatic heterocycles. The first kappa shape index (κ1) is 20.5. The molecular formula is C17H16F3IN2O3.